The summed E-state index contributed by atoms with van der Waals surface area (Å²) in [6.07, 6.45) is 0. The van der Waals surface area contributed by atoms with Crippen LogP contribution in [0.25, 0.3) is 15.9 Å². The van der Waals surface area contributed by atoms with Gasteiger partial charge in [-0.3, -0.25) is 14.2 Å². The van der Waals surface area contributed by atoms with E-state index in [-0.39, 0.29) is 29.9 Å². The van der Waals surface area contributed by atoms with Crippen LogP contribution in [0.2, 0.25) is 0 Å². The number of aromatic nitrogens is 4. The summed E-state index contributed by atoms with van der Waals surface area (Å²) in [5.74, 6) is -0.320. The van der Waals surface area contributed by atoms with Gasteiger partial charge in [0.2, 0.25) is 5.91 Å². The molecule has 5 rings (SSSR count). The summed E-state index contributed by atoms with van der Waals surface area (Å²) < 4.78 is 16.2. The fourth-order valence-corrected chi connectivity index (χ4v) is 5.52. The number of nitrogens with one attached hydrogen (secondary N) is 2. The van der Waals surface area contributed by atoms with Crippen LogP contribution in [-0.2, 0) is 11.3 Å². The van der Waals surface area contributed by atoms with Gasteiger partial charge in [0.1, 0.15) is 5.82 Å². The molecule has 0 saturated carbocycles. The first-order chi connectivity index (χ1) is 17.1. The van der Waals surface area contributed by atoms with Crippen LogP contribution in [0.5, 0.6) is 0 Å². The highest BCUT2D eigenvalue weighted by Crippen LogP contribution is 2.26. The van der Waals surface area contributed by atoms with E-state index in [0.29, 0.717) is 26.7 Å². The maximum Gasteiger partial charge on any atom is 0.261 e. The van der Waals surface area contributed by atoms with Crippen LogP contribution in [0, 0.1) is 5.82 Å². The van der Waals surface area contributed by atoms with E-state index in [1.165, 1.54) is 46.6 Å². The Morgan fingerprint density at radius 2 is 1.86 bits per heavy atom. The van der Waals surface area contributed by atoms with Crippen molar-refractivity contribution in [3.8, 4) is 5.69 Å². The first-order valence-corrected chi connectivity index (χ1v) is 13.0. The fraction of sp³-hybridized carbons (Fsp3) is 0.0870. The SMILES string of the molecule is O=C(CSc1nnc(CNC(=O)c2cccs2)n1-c1ccc(F)cc1)Nc1nc2ccccc2s1. The quantitative estimate of drug-likeness (QED) is 0.285. The third kappa shape index (κ3) is 5.39. The molecule has 5 aromatic rings. The molecule has 35 heavy (non-hydrogen) atoms. The normalized spacial score (nSPS) is 11.0. The van der Waals surface area contributed by atoms with Gasteiger partial charge in [-0.1, -0.05) is 41.3 Å². The Bertz CT molecular complexity index is 1450. The number of benzene rings is 2. The number of thioether (sulfide) groups is 1. The third-order valence-corrected chi connectivity index (χ3v) is 7.56. The lowest BCUT2D eigenvalue weighted by Gasteiger charge is -2.11. The molecule has 2 aromatic carbocycles. The van der Waals surface area contributed by atoms with Crippen molar-refractivity contribution in [3.63, 3.8) is 0 Å². The Morgan fingerprint density at radius 3 is 2.63 bits per heavy atom. The molecule has 2 amide bonds. The number of hydrogen-bond acceptors (Lipinski definition) is 8. The van der Waals surface area contributed by atoms with Crippen molar-refractivity contribution in [2.75, 3.05) is 11.1 Å². The molecule has 0 bridgehead atoms. The monoisotopic (exact) mass is 524 g/mol. The zero-order chi connectivity index (χ0) is 24.2. The number of carbonyl (C=O) groups excluding carboxylic acids is 2. The molecule has 0 atom stereocenters. The number of thiophene rings is 1. The molecule has 8 nitrogen and oxygen atoms in total. The number of fused-ring (bicyclic) bond motifs is 1. The van der Waals surface area contributed by atoms with Gasteiger partial charge in [-0.15, -0.1) is 21.5 Å². The number of anilines is 1. The molecule has 176 valence electrons. The fourth-order valence-electron chi connectivity index (χ4n) is 3.22. The summed E-state index contributed by atoms with van der Waals surface area (Å²) in [5.41, 5.74) is 1.44. The van der Waals surface area contributed by atoms with Crippen LogP contribution in [0.3, 0.4) is 0 Å². The smallest absolute Gasteiger partial charge is 0.261 e. The van der Waals surface area contributed by atoms with Crippen LogP contribution in [-0.4, -0.2) is 37.3 Å². The summed E-state index contributed by atoms with van der Waals surface area (Å²) in [6.45, 7) is 0.111. The van der Waals surface area contributed by atoms with Gasteiger partial charge in [-0.2, -0.15) is 0 Å². The summed E-state index contributed by atoms with van der Waals surface area (Å²) in [6, 6.07) is 17.0. The molecule has 3 aromatic heterocycles. The molecule has 2 N–H and O–H groups in total. The largest absolute Gasteiger partial charge is 0.344 e. The topological polar surface area (TPSA) is 102 Å². The van der Waals surface area contributed by atoms with Gasteiger partial charge in [-0.05, 0) is 47.8 Å². The predicted octanol–water partition coefficient (Wildman–Crippen LogP) is 4.74. The molecule has 0 spiro atoms. The lowest BCUT2D eigenvalue weighted by atomic mass is 10.3. The van der Waals surface area contributed by atoms with Crippen molar-refractivity contribution in [2.24, 2.45) is 0 Å². The second kappa shape index (κ2) is 10.3. The molecule has 0 saturated heterocycles. The lowest BCUT2D eigenvalue weighted by Crippen LogP contribution is -2.24. The third-order valence-electron chi connectivity index (χ3n) is 4.81. The van der Waals surface area contributed by atoms with Gasteiger partial charge in [-0.25, -0.2) is 9.37 Å². The van der Waals surface area contributed by atoms with E-state index < -0.39 is 0 Å². The molecule has 0 aliphatic heterocycles. The van der Waals surface area contributed by atoms with Gasteiger partial charge < -0.3 is 10.6 Å². The second-order valence-corrected chi connectivity index (χ2v) is 10.1. The Labute approximate surface area is 211 Å². The van der Waals surface area contributed by atoms with Crippen molar-refractivity contribution < 1.29 is 14.0 Å². The summed E-state index contributed by atoms with van der Waals surface area (Å²) >= 11 is 3.92. The van der Waals surface area contributed by atoms with Crippen LogP contribution in [0.4, 0.5) is 9.52 Å². The minimum atomic E-state index is -0.376. The van der Waals surface area contributed by atoms with E-state index >= 15 is 0 Å². The van der Waals surface area contributed by atoms with E-state index in [9.17, 15) is 14.0 Å². The van der Waals surface area contributed by atoms with E-state index in [1.807, 2.05) is 29.6 Å². The molecular weight excluding hydrogens is 507 g/mol. The van der Waals surface area contributed by atoms with E-state index in [1.54, 1.807) is 28.8 Å². The summed E-state index contributed by atoms with van der Waals surface area (Å²) in [4.78, 5) is 29.9. The number of rotatable bonds is 8. The van der Waals surface area contributed by atoms with Crippen molar-refractivity contribution in [2.45, 2.75) is 11.7 Å². The number of nitrogens with zero attached hydrogens (tertiary/aromatic N) is 4. The van der Waals surface area contributed by atoms with E-state index in [4.69, 9.17) is 0 Å². The Hall–Kier alpha value is -3.61. The van der Waals surface area contributed by atoms with E-state index in [0.717, 1.165) is 10.2 Å². The molecule has 0 fully saturated rings. The minimum absolute atomic E-state index is 0.0663. The Balaban J connectivity index is 1.31. The average Bonchev–Trinajstić information content (AvgIpc) is 3.61. The molecule has 3 heterocycles. The van der Waals surface area contributed by atoms with Crippen molar-refractivity contribution in [1.82, 2.24) is 25.1 Å². The molecule has 12 heteroatoms. The maximum absolute atomic E-state index is 13.5. The molecule has 0 radical (unpaired) electrons. The highest BCUT2D eigenvalue weighted by Gasteiger charge is 2.18. The number of carbonyl (C=O) groups is 2. The van der Waals surface area contributed by atoms with Gasteiger partial charge in [0, 0.05) is 5.69 Å². The zero-order valence-electron chi connectivity index (χ0n) is 18.0. The Kier molecular flexibility index (Phi) is 6.84. The van der Waals surface area contributed by atoms with Crippen LogP contribution in [0.15, 0.2) is 71.2 Å². The Morgan fingerprint density at radius 1 is 1.03 bits per heavy atom. The van der Waals surface area contributed by atoms with Crippen molar-refractivity contribution in [3.05, 3.63) is 82.6 Å². The lowest BCUT2D eigenvalue weighted by molar-refractivity contribution is -0.113. The summed E-state index contributed by atoms with van der Waals surface area (Å²) in [5, 5.41) is 16.8. The van der Waals surface area contributed by atoms with Gasteiger partial charge in [0.25, 0.3) is 5.91 Å². The minimum Gasteiger partial charge on any atom is -0.344 e. The first-order valence-electron chi connectivity index (χ1n) is 10.4. The molecule has 0 unspecified atom stereocenters. The highest BCUT2D eigenvalue weighted by molar-refractivity contribution is 7.99. The molecular formula is C23H17FN6O2S3. The first kappa shape index (κ1) is 23.1. The number of halogens is 1. The maximum atomic E-state index is 13.5. The van der Waals surface area contributed by atoms with Crippen LogP contribution in [0.1, 0.15) is 15.5 Å². The zero-order valence-corrected chi connectivity index (χ0v) is 20.4. The number of para-hydroxylation sites is 1. The number of hydrogen-bond donors (Lipinski definition) is 2. The van der Waals surface area contributed by atoms with Gasteiger partial charge >= 0.3 is 0 Å². The number of thiazole rings is 1. The number of amides is 2. The average molecular weight is 525 g/mol. The van der Waals surface area contributed by atoms with Crippen molar-refractivity contribution >= 4 is 61.6 Å². The second-order valence-electron chi connectivity index (χ2n) is 7.19. The predicted molar refractivity (Wildman–Crippen MR) is 136 cm³/mol. The summed E-state index contributed by atoms with van der Waals surface area (Å²) in [7, 11) is 0. The van der Waals surface area contributed by atoms with Gasteiger partial charge in [0.15, 0.2) is 16.1 Å². The van der Waals surface area contributed by atoms with Crippen LogP contribution < -0.4 is 10.6 Å². The molecule has 0 aliphatic rings. The van der Waals surface area contributed by atoms with Gasteiger partial charge in [0.05, 0.1) is 27.4 Å². The molecule has 0 aliphatic carbocycles. The van der Waals surface area contributed by atoms with Crippen LogP contribution >= 0.6 is 34.4 Å². The van der Waals surface area contributed by atoms with Crippen molar-refractivity contribution in [1.29, 1.82) is 0 Å². The van der Waals surface area contributed by atoms with E-state index in [2.05, 4.69) is 25.8 Å². The highest BCUT2D eigenvalue weighted by atomic mass is 32.2. The standard InChI is InChI=1S/C23H17FN6O2S3/c24-14-7-9-15(10-8-14)30-19(12-25-21(32)18-6-3-11-33-18)28-29-23(30)34-13-20(31)27-22-26-16-4-1-2-5-17(16)35-22/h1-11H,12-13H2,(H,25,32)(H,26,27,31).